The Morgan fingerprint density at radius 3 is 2.88 bits per heavy atom. The van der Waals surface area contributed by atoms with Gasteiger partial charge in [-0.3, -0.25) is 0 Å². The lowest BCUT2D eigenvalue weighted by Crippen LogP contribution is -2.39. The highest BCUT2D eigenvalue weighted by atomic mass is 35.5. The highest BCUT2D eigenvalue weighted by Crippen LogP contribution is 2.26. The Balaban J connectivity index is 1.78. The summed E-state index contributed by atoms with van der Waals surface area (Å²) in [5.74, 6) is 0.926. The van der Waals surface area contributed by atoms with E-state index < -0.39 is 0 Å². The van der Waals surface area contributed by atoms with Crippen molar-refractivity contribution in [2.24, 2.45) is 0 Å². The van der Waals surface area contributed by atoms with Crippen molar-refractivity contribution in [2.45, 2.75) is 25.5 Å². The average Bonchev–Trinajstić information content (AvgIpc) is 2.94. The molecule has 0 radical (unpaired) electrons. The van der Waals surface area contributed by atoms with Gasteiger partial charge in [0.2, 0.25) is 5.95 Å². The van der Waals surface area contributed by atoms with Crippen molar-refractivity contribution in [1.29, 1.82) is 0 Å². The summed E-state index contributed by atoms with van der Waals surface area (Å²) in [6.07, 6.45) is 1.57. The van der Waals surface area contributed by atoms with Crippen LogP contribution in [0.2, 0.25) is 5.02 Å². The SMILES string of the molecule is OC1CCCN(c2nc3ccccc3n2Cc2cccc(Cl)c2)C1. The van der Waals surface area contributed by atoms with Gasteiger partial charge in [0.05, 0.1) is 23.7 Å². The monoisotopic (exact) mass is 341 g/mol. The van der Waals surface area contributed by atoms with E-state index in [0.717, 1.165) is 47.0 Å². The zero-order chi connectivity index (χ0) is 16.5. The van der Waals surface area contributed by atoms with Crippen LogP contribution in [0.5, 0.6) is 0 Å². The highest BCUT2D eigenvalue weighted by molar-refractivity contribution is 6.30. The molecule has 0 amide bonds. The first-order chi connectivity index (χ1) is 11.7. The molecule has 0 aliphatic carbocycles. The Morgan fingerprint density at radius 1 is 1.17 bits per heavy atom. The van der Waals surface area contributed by atoms with Gasteiger partial charge in [-0.25, -0.2) is 4.98 Å². The van der Waals surface area contributed by atoms with Crippen molar-refractivity contribution in [3.05, 3.63) is 59.1 Å². The van der Waals surface area contributed by atoms with E-state index in [1.165, 1.54) is 0 Å². The summed E-state index contributed by atoms with van der Waals surface area (Å²) in [4.78, 5) is 7.03. The van der Waals surface area contributed by atoms with Crippen molar-refractivity contribution in [2.75, 3.05) is 18.0 Å². The summed E-state index contributed by atoms with van der Waals surface area (Å²) in [5, 5.41) is 10.8. The second-order valence-corrected chi connectivity index (χ2v) is 6.80. The third-order valence-electron chi connectivity index (χ3n) is 4.54. The van der Waals surface area contributed by atoms with E-state index in [1.54, 1.807) is 0 Å². The molecule has 2 aromatic carbocycles. The van der Waals surface area contributed by atoms with Gasteiger partial charge >= 0.3 is 0 Å². The summed E-state index contributed by atoms with van der Waals surface area (Å²) >= 11 is 6.14. The van der Waals surface area contributed by atoms with Crippen LogP contribution in [0.1, 0.15) is 18.4 Å². The van der Waals surface area contributed by atoms with E-state index >= 15 is 0 Å². The van der Waals surface area contributed by atoms with Gasteiger partial charge in [-0.2, -0.15) is 0 Å². The molecule has 0 saturated carbocycles. The van der Waals surface area contributed by atoms with Crippen LogP contribution in [0.25, 0.3) is 11.0 Å². The summed E-state index contributed by atoms with van der Waals surface area (Å²) in [7, 11) is 0. The number of fused-ring (bicyclic) bond motifs is 1. The molecule has 24 heavy (non-hydrogen) atoms. The highest BCUT2D eigenvalue weighted by Gasteiger charge is 2.23. The molecular weight excluding hydrogens is 322 g/mol. The van der Waals surface area contributed by atoms with Crippen molar-refractivity contribution < 1.29 is 5.11 Å². The fourth-order valence-electron chi connectivity index (χ4n) is 3.41. The fourth-order valence-corrected chi connectivity index (χ4v) is 3.63. The largest absolute Gasteiger partial charge is 0.391 e. The quantitative estimate of drug-likeness (QED) is 0.789. The van der Waals surface area contributed by atoms with Gasteiger partial charge in [0.1, 0.15) is 0 Å². The minimum absolute atomic E-state index is 0.279. The van der Waals surface area contributed by atoms with Gasteiger partial charge in [0.15, 0.2) is 0 Å². The molecule has 1 atom stereocenters. The smallest absolute Gasteiger partial charge is 0.206 e. The average molecular weight is 342 g/mol. The third kappa shape index (κ3) is 2.99. The molecule has 1 aromatic heterocycles. The molecule has 1 saturated heterocycles. The van der Waals surface area contributed by atoms with E-state index in [0.29, 0.717) is 13.1 Å². The third-order valence-corrected chi connectivity index (χ3v) is 4.78. The second kappa shape index (κ2) is 6.46. The zero-order valence-corrected chi connectivity index (χ0v) is 14.2. The standard InChI is InChI=1S/C19H20ClN3O/c20-15-6-3-5-14(11-15)12-23-18-9-2-1-8-17(18)21-19(23)22-10-4-7-16(24)13-22/h1-3,5-6,8-9,11,16,24H,4,7,10,12-13H2. The number of β-amino-alcohol motifs (C(OH)–C–C–N with tert-alkyl or cyclic N) is 1. The Morgan fingerprint density at radius 2 is 2.04 bits per heavy atom. The van der Waals surface area contributed by atoms with Crippen LogP contribution in [-0.2, 0) is 6.54 Å². The predicted molar refractivity (Wildman–Crippen MR) is 97.7 cm³/mol. The molecule has 4 nitrogen and oxygen atoms in total. The number of imidazole rings is 1. The molecule has 1 unspecified atom stereocenters. The summed E-state index contributed by atoms with van der Waals surface area (Å²) < 4.78 is 2.22. The maximum atomic E-state index is 10.0. The number of nitrogens with zero attached hydrogens (tertiary/aromatic N) is 3. The Bertz CT molecular complexity index is 861. The lowest BCUT2D eigenvalue weighted by Gasteiger charge is -2.31. The number of benzene rings is 2. The van der Waals surface area contributed by atoms with Crippen molar-refractivity contribution >= 4 is 28.6 Å². The maximum Gasteiger partial charge on any atom is 0.206 e. The van der Waals surface area contributed by atoms with Gasteiger partial charge in [0, 0.05) is 18.1 Å². The molecule has 1 fully saturated rings. The van der Waals surface area contributed by atoms with Crippen LogP contribution < -0.4 is 4.90 Å². The van der Waals surface area contributed by atoms with Crippen LogP contribution in [0.4, 0.5) is 5.95 Å². The van der Waals surface area contributed by atoms with E-state index in [2.05, 4.69) is 21.6 Å². The number of aliphatic hydroxyl groups is 1. The molecule has 0 bridgehead atoms. The van der Waals surface area contributed by atoms with E-state index in [1.807, 2.05) is 36.4 Å². The van der Waals surface area contributed by atoms with Crippen molar-refractivity contribution in [1.82, 2.24) is 9.55 Å². The fraction of sp³-hybridized carbons (Fsp3) is 0.316. The van der Waals surface area contributed by atoms with Gasteiger partial charge in [-0.1, -0.05) is 35.9 Å². The molecule has 4 rings (SSSR count). The zero-order valence-electron chi connectivity index (χ0n) is 13.4. The van der Waals surface area contributed by atoms with Crippen LogP contribution in [0, 0.1) is 0 Å². The molecule has 3 aromatic rings. The number of anilines is 1. The maximum absolute atomic E-state index is 10.0. The molecule has 5 heteroatoms. The topological polar surface area (TPSA) is 41.3 Å². The normalized spacial score (nSPS) is 18.2. The van der Waals surface area contributed by atoms with E-state index in [4.69, 9.17) is 16.6 Å². The Hall–Kier alpha value is -2.04. The van der Waals surface area contributed by atoms with Gasteiger partial charge < -0.3 is 14.6 Å². The number of rotatable bonds is 3. The van der Waals surface area contributed by atoms with E-state index in [9.17, 15) is 5.11 Å². The summed E-state index contributed by atoms with van der Waals surface area (Å²) in [6.45, 7) is 2.28. The minimum atomic E-state index is -0.279. The van der Waals surface area contributed by atoms with Crippen molar-refractivity contribution in [3.8, 4) is 0 Å². The lowest BCUT2D eigenvalue weighted by atomic mass is 10.1. The second-order valence-electron chi connectivity index (χ2n) is 6.36. The van der Waals surface area contributed by atoms with Crippen molar-refractivity contribution in [3.63, 3.8) is 0 Å². The van der Waals surface area contributed by atoms with Gasteiger partial charge in [-0.05, 0) is 42.7 Å². The molecule has 1 N–H and O–H groups in total. The number of para-hydroxylation sites is 2. The number of hydrogen-bond acceptors (Lipinski definition) is 3. The van der Waals surface area contributed by atoms with E-state index in [-0.39, 0.29) is 6.10 Å². The number of hydrogen-bond donors (Lipinski definition) is 1. The van der Waals surface area contributed by atoms with Gasteiger partial charge in [-0.15, -0.1) is 0 Å². The number of aliphatic hydroxyl groups excluding tert-OH is 1. The van der Waals surface area contributed by atoms with Gasteiger partial charge in [0.25, 0.3) is 0 Å². The Kier molecular flexibility index (Phi) is 4.17. The lowest BCUT2D eigenvalue weighted by molar-refractivity contribution is 0.153. The first-order valence-electron chi connectivity index (χ1n) is 8.33. The first kappa shape index (κ1) is 15.5. The number of halogens is 1. The van der Waals surface area contributed by atoms with Crippen LogP contribution in [0.3, 0.4) is 0 Å². The molecule has 2 heterocycles. The molecule has 1 aliphatic heterocycles. The first-order valence-corrected chi connectivity index (χ1v) is 8.71. The molecule has 0 spiro atoms. The molecule has 1 aliphatic rings. The van der Waals surface area contributed by atoms with Crippen LogP contribution >= 0.6 is 11.6 Å². The Labute approximate surface area is 146 Å². The summed E-state index contributed by atoms with van der Waals surface area (Å²) in [6, 6.07) is 16.1. The predicted octanol–water partition coefficient (Wildman–Crippen LogP) is 3.70. The molecule has 124 valence electrons. The molecular formula is C19H20ClN3O. The number of aromatic nitrogens is 2. The summed E-state index contributed by atoms with van der Waals surface area (Å²) in [5.41, 5.74) is 3.23. The number of piperidine rings is 1. The minimum Gasteiger partial charge on any atom is -0.391 e. The van der Waals surface area contributed by atoms with Crippen LogP contribution in [-0.4, -0.2) is 33.9 Å². The van der Waals surface area contributed by atoms with Crippen LogP contribution in [0.15, 0.2) is 48.5 Å².